The molecule has 15 atom stereocenters. The van der Waals surface area contributed by atoms with Gasteiger partial charge in [-0.05, 0) is 69.8 Å². The quantitative estimate of drug-likeness (QED) is 0.0446. The number of rotatable bonds is 25. The van der Waals surface area contributed by atoms with Crippen molar-refractivity contribution in [2.75, 3.05) is 46.8 Å². The van der Waals surface area contributed by atoms with Gasteiger partial charge in [0.25, 0.3) is 0 Å². The number of benzene rings is 1. The molecule has 3 heterocycles. The van der Waals surface area contributed by atoms with Crippen molar-refractivity contribution >= 4 is 47.3 Å². The lowest BCUT2D eigenvalue weighted by Gasteiger charge is -2.34. The number of nitrogens with zero attached hydrogens (tertiary/aromatic N) is 3. The van der Waals surface area contributed by atoms with E-state index >= 15 is 0 Å². The van der Waals surface area contributed by atoms with Crippen LogP contribution in [0.1, 0.15) is 123 Å². The Bertz CT molecular complexity index is 2190. The third-order valence-electron chi connectivity index (χ3n) is 15.4. The average Bonchev–Trinajstić information content (AvgIpc) is 4.10. The molecule has 15 N–H and O–H groups in total. The van der Waals surface area contributed by atoms with Gasteiger partial charge in [-0.2, -0.15) is 0 Å². The van der Waals surface area contributed by atoms with Gasteiger partial charge < -0.3 is 88.1 Å². The number of fused-ring (bicyclic) bond motifs is 2. The summed E-state index contributed by atoms with van der Waals surface area (Å²) in [5.41, 5.74) is 5.77. The van der Waals surface area contributed by atoms with E-state index < -0.39 is 152 Å². The fraction of sp³-hybridized carbons (Fsp3) is 0.745. The largest absolute Gasteiger partial charge is 0.508 e. The monoisotopic (exact) mass is 1130 g/mol. The fourth-order valence-corrected chi connectivity index (χ4v) is 10.6. The highest BCUT2D eigenvalue weighted by atomic mass is 16.3. The number of aliphatic hydroxyl groups is 6. The van der Waals surface area contributed by atoms with Crippen molar-refractivity contribution in [2.24, 2.45) is 17.6 Å². The van der Waals surface area contributed by atoms with Gasteiger partial charge in [-0.1, -0.05) is 77.8 Å². The number of phenols is 1. The summed E-state index contributed by atoms with van der Waals surface area (Å²) in [5, 5.41) is 94.1. The van der Waals surface area contributed by atoms with Gasteiger partial charge in [0.2, 0.25) is 47.3 Å². The molecule has 3 fully saturated rings. The summed E-state index contributed by atoms with van der Waals surface area (Å²) in [7, 11) is 3.64. The van der Waals surface area contributed by atoms with Gasteiger partial charge in [-0.3, -0.25) is 38.4 Å². The van der Waals surface area contributed by atoms with Crippen LogP contribution in [0.25, 0.3) is 0 Å². The van der Waals surface area contributed by atoms with E-state index in [0.717, 1.165) is 54.7 Å². The zero-order valence-electron chi connectivity index (χ0n) is 47.4. The number of primary amides is 1. The maximum Gasteiger partial charge on any atom is 0.248 e. The Balaban J connectivity index is 1.75. The second-order valence-corrected chi connectivity index (χ2v) is 22.7. The first-order valence-electron chi connectivity index (χ1n) is 28.4. The van der Waals surface area contributed by atoms with E-state index in [1.807, 2.05) is 19.0 Å². The maximum absolute atomic E-state index is 14.7. The standard InChI is InChI=1S/C55H92N10O15/c1-7-31(2)24-32(3)14-12-10-8-9-11-13-15-45(74)58-37-27-41(70)38(29-57-21-23-63(5)6)59-53(78)49-40(69)20-22-64(49)55(80)48(43(72)28-44(56)73)62-52(77)47(42(71)25-34-16-18-35(67)19-17-34)61-51(76)39-26-36(68)30-65(39)54(79)46(33(4)66)60-50(37)75/h16-19,31-33,36-43,46-49,57,66-72H,7-15,20-30H2,1-6H3,(H2,56,73)(H,58,74)(H,59,78)(H,60,75)(H,61,76)(H,62,77)/t31-,32+,33+,36+,37-,38+,39-,40-,41+,42+,43+,46-,47-,48-,49-/m0/s1. The van der Waals surface area contributed by atoms with Crippen LogP contribution in [0.15, 0.2) is 24.3 Å². The number of likely N-dealkylation sites (N-methyl/N-ethyl adjacent to an activating group) is 1. The number of unbranched alkanes of at least 4 members (excludes halogenated alkanes) is 5. The summed E-state index contributed by atoms with van der Waals surface area (Å²) in [5.74, 6) is -7.29. The van der Waals surface area contributed by atoms with Crippen LogP contribution in [-0.4, -0.2) is 223 Å². The zero-order valence-corrected chi connectivity index (χ0v) is 47.4. The van der Waals surface area contributed by atoms with Crippen molar-refractivity contribution in [3.8, 4) is 5.75 Å². The second kappa shape index (κ2) is 32.8. The number of nitrogens with one attached hydrogen (secondary N) is 6. The molecule has 8 amide bonds. The Kier molecular flexibility index (Phi) is 27.4. The Morgan fingerprint density at radius 3 is 2.01 bits per heavy atom. The Morgan fingerprint density at radius 1 is 0.750 bits per heavy atom. The van der Waals surface area contributed by atoms with Crippen LogP contribution >= 0.6 is 0 Å². The van der Waals surface area contributed by atoms with Crippen LogP contribution in [0.2, 0.25) is 0 Å². The minimum Gasteiger partial charge on any atom is -0.508 e. The summed E-state index contributed by atoms with van der Waals surface area (Å²) in [6, 6.07) is -6.92. The molecule has 0 aliphatic carbocycles. The molecular formula is C55H92N10O15. The van der Waals surface area contributed by atoms with Crippen molar-refractivity contribution in [1.29, 1.82) is 0 Å². The summed E-state index contributed by atoms with van der Waals surface area (Å²) in [6.07, 6.45) is -4.12. The van der Waals surface area contributed by atoms with E-state index in [2.05, 4.69) is 52.7 Å². The normalized spacial score (nSPS) is 27.6. The minimum absolute atomic E-state index is 0.0140. The number of carbonyl (C=O) groups is 8. The smallest absolute Gasteiger partial charge is 0.248 e. The first kappa shape index (κ1) is 67.0. The third-order valence-corrected chi connectivity index (χ3v) is 15.4. The van der Waals surface area contributed by atoms with Gasteiger partial charge >= 0.3 is 0 Å². The van der Waals surface area contributed by atoms with Crippen molar-refractivity contribution in [3.63, 3.8) is 0 Å². The lowest BCUT2D eigenvalue weighted by Crippen LogP contribution is -2.64. The molecule has 3 aliphatic rings. The highest BCUT2D eigenvalue weighted by Crippen LogP contribution is 2.25. The van der Waals surface area contributed by atoms with Gasteiger partial charge in [-0.25, -0.2) is 0 Å². The number of hydrogen-bond acceptors (Lipinski definition) is 17. The summed E-state index contributed by atoms with van der Waals surface area (Å²) >= 11 is 0. The molecule has 0 unspecified atom stereocenters. The number of nitrogens with two attached hydrogens (primary N) is 1. The van der Waals surface area contributed by atoms with E-state index in [9.17, 15) is 74.1 Å². The predicted molar refractivity (Wildman–Crippen MR) is 293 cm³/mol. The lowest BCUT2D eigenvalue weighted by molar-refractivity contribution is -0.148. The van der Waals surface area contributed by atoms with Crippen LogP contribution in [0.5, 0.6) is 5.75 Å². The minimum atomic E-state index is -2.13. The highest BCUT2D eigenvalue weighted by molar-refractivity contribution is 5.98. The van der Waals surface area contributed by atoms with Gasteiger partial charge in [0.15, 0.2) is 0 Å². The van der Waals surface area contributed by atoms with Crippen LogP contribution in [-0.2, 0) is 44.8 Å². The molecule has 0 radical (unpaired) electrons. The van der Waals surface area contributed by atoms with Gasteiger partial charge in [0.1, 0.15) is 42.0 Å². The van der Waals surface area contributed by atoms with E-state index in [0.29, 0.717) is 36.9 Å². The molecule has 0 saturated carbocycles. The Morgan fingerprint density at radius 2 is 1.38 bits per heavy atom. The van der Waals surface area contributed by atoms with Crippen LogP contribution in [0.4, 0.5) is 0 Å². The molecular weight excluding hydrogens is 1040 g/mol. The molecule has 0 aromatic heterocycles. The molecule has 1 aromatic carbocycles. The molecule has 4 rings (SSSR count). The van der Waals surface area contributed by atoms with Gasteiger partial charge in [-0.15, -0.1) is 0 Å². The SMILES string of the molecule is CC[C@H](C)C[C@H](C)CCCCCCCCC(=O)N[C@H]1C[C@@H](O)[C@@H](CNCCN(C)C)NC(=O)[C@@H]2[C@@H](O)CCN2C(=O)[C@H]([C@H](O)CC(N)=O)NC(=O)[C@H]([C@H](O)Cc2ccc(O)cc2)NC(=O)[C@@H]2C[C@@H](O)CN2C(=O)[C@H]([C@@H](C)O)NC1=O. The van der Waals surface area contributed by atoms with E-state index in [-0.39, 0.29) is 38.1 Å². The molecule has 452 valence electrons. The molecule has 3 aliphatic heterocycles. The topological polar surface area (TPSA) is 386 Å². The molecule has 0 spiro atoms. The van der Waals surface area contributed by atoms with E-state index in [1.54, 1.807) is 0 Å². The molecule has 25 nitrogen and oxygen atoms in total. The molecule has 80 heavy (non-hydrogen) atoms. The number of amides is 8. The van der Waals surface area contributed by atoms with E-state index in [4.69, 9.17) is 5.73 Å². The van der Waals surface area contributed by atoms with Crippen LogP contribution < -0.4 is 37.6 Å². The van der Waals surface area contributed by atoms with Crippen molar-refractivity contribution in [2.45, 2.75) is 203 Å². The molecule has 1 aromatic rings. The first-order chi connectivity index (χ1) is 37.8. The summed E-state index contributed by atoms with van der Waals surface area (Å²) in [6.45, 7) is 7.73. The Labute approximate surface area is 469 Å². The van der Waals surface area contributed by atoms with Gasteiger partial charge in [0, 0.05) is 58.4 Å². The highest BCUT2D eigenvalue weighted by Gasteiger charge is 2.48. The molecule has 0 bridgehead atoms. The first-order valence-corrected chi connectivity index (χ1v) is 28.4. The summed E-state index contributed by atoms with van der Waals surface area (Å²) < 4.78 is 0. The zero-order chi connectivity index (χ0) is 59.4. The molecule has 3 saturated heterocycles. The lowest BCUT2D eigenvalue weighted by atomic mass is 9.91. The van der Waals surface area contributed by atoms with Crippen molar-refractivity contribution in [3.05, 3.63) is 29.8 Å². The third kappa shape index (κ3) is 20.8. The number of carbonyl (C=O) groups excluding carboxylic acids is 8. The van der Waals surface area contributed by atoms with Crippen LogP contribution in [0.3, 0.4) is 0 Å². The molecule has 25 heteroatoms. The fourth-order valence-electron chi connectivity index (χ4n) is 10.6. The summed E-state index contributed by atoms with van der Waals surface area (Å²) in [4.78, 5) is 117. The van der Waals surface area contributed by atoms with E-state index in [1.165, 1.54) is 37.6 Å². The number of phenolic OH excluding ortho intramolecular Hbond substituents is 1. The number of aliphatic hydroxyl groups excluding tert-OH is 6. The second-order valence-electron chi connectivity index (χ2n) is 22.7. The predicted octanol–water partition coefficient (Wildman–Crippen LogP) is -2.63. The number of hydrogen-bond donors (Lipinski definition) is 14. The average molecular weight is 1130 g/mol. The Hall–Kier alpha value is -5.54. The van der Waals surface area contributed by atoms with Crippen molar-refractivity contribution < 1.29 is 74.1 Å². The number of aromatic hydroxyl groups is 1. The van der Waals surface area contributed by atoms with Crippen LogP contribution in [0, 0.1) is 11.8 Å². The van der Waals surface area contributed by atoms with Crippen molar-refractivity contribution in [1.82, 2.24) is 46.6 Å². The maximum atomic E-state index is 14.7. The van der Waals surface area contributed by atoms with Gasteiger partial charge in [0.05, 0.1) is 49.1 Å².